The summed E-state index contributed by atoms with van der Waals surface area (Å²) in [5, 5.41) is 0. The summed E-state index contributed by atoms with van der Waals surface area (Å²) in [5.74, 6) is -1.51. The van der Waals surface area contributed by atoms with Gasteiger partial charge in [0.2, 0.25) is 0 Å². The second-order valence-electron chi connectivity index (χ2n) is 6.39. The van der Waals surface area contributed by atoms with Crippen LogP contribution in [0.2, 0.25) is 0 Å². The first-order valence-electron chi connectivity index (χ1n) is 8.93. The molecule has 9 heteroatoms. The lowest BCUT2D eigenvalue weighted by molar-refractivity contribution is -0.266. The topological polar surface area (TPSA) is 114 Å². The number of esters is 3. The SMILES string of the molecule is CC(=O)CCCCOC1CC(OC(C)=O)C(OC(C)=O)C(COC(C)=O)O1. The molecule has 0 saturated carbocycles. The second kappa shape index (κ2) is 11.7. The van der Waals surface area contributed by atoms with Crippen LogP contribution in [0.5, 0.6) is 0 Å². The van der Waals surface area contributed by atoms with Gasteiger partial charge in [-0.3, -0.25) is 14.4 Å². The number of hydrogen-bond donors (Lipinski definition) is 0. The van der Waals surface area contributed by atoms with Crippen molar-refractivity contribution in [2.45, 2.75) is 78.0 Å². The normalized spacial score (nSPS) is 24.7. The van der Waals surface area contributed by atoms with Gasteiger partial charge in [-0.25, -0.2) is 0 Å². The molecule has 0 aromatic heterocycles. The van der Waals surface area contributed by atoms with E-state index in [4.69, 9.17) is 23.7 Å². The smallest absolute Gasteiger partial charge is 0.303 e. The molecule has 27 heavy (non-hydrogen) atoms. The summed E-state index contributed by atoms with van der Waals surface area (Å²) in [6.07, 6.45) is -1.25. The summed E-state index contributed by atoms with van der Waals surface area (Å²) in [6, 6.07) is 0. The zero-order chi connectivity index (χ0) is 20.4. The fourth-order valence-electron chi connectivity index (χ4n) is 2.69. The predicted octanol–water partition coefficient (Wildman–Crippen LogP) is 1.30. The number of unbranched alkanes of at least 4 members (excludes halogenated alkanes) is 1. The van der Waals surface area contributed by atoms with Crippen molar-refractivity contribution in [1.82, 2.24) is 0 Å². The highest BCUT2D eigenvalue weighted by Crippen LogP contribution is 2.27. The fraction of sp³-hybridized carbons (Fsp3) is 0.778. The lowest BCUT2D eigenvalue weighted by Gasteiger charge is -2.39. The minimum atomic E-state index is -0.914. The van der Waals surface area contributed by atoms with E-state index in [0.29, 0.717) is 25.9 Å². The van der Waals surface area contributed by atoms with Gasteiger partial charge in [-0.15, -0.1) is 0 Å². The standard InChI is InChI=1S/C18H28O9/c1-11(19)7-5-6-8-23-17-9-15(25-13(3)21)18(26-14(4)22)16(27-17)10-24-12(2)20/h15-18H,5-10H2,1-4H3. The van der Waals surface area contributed by atoms with E-state index in [1.54, 1.807) is 0 Å². The summed E-state index contributed by atoms with van der Waals surface area (Å²) >= 11 is 0. The maximum atomic E-state index is 11.4. The molecule has 4 atom stereocenters. The Balaban J connectivity index is 2.74. The van der Waals surface area contributed by atoms with Crippen molar-refractivity contribution < 1.29 is 42.9 Å². The molecular formula is C18H28O9. The summed E-state index contributed by atoms with van der Waals surface area (Å²) in [5.41, 5.74) is 0. The van der Waals surface area contributed by atoms with Gasteiger partial charge in [-0.1, -0.05) is 0 Å². The lowest BCUT2D eigenvalue weighted by atomic mass is 10.0. The van der Waals surface area contributed by atoms with E-state index in [2.05, 4.69) is 0 Å². The highest BCUT2D eigenvalue weighted by molar-refractivity contribution is 5.75. The van der Waals surface area contributed by atoms with Gasteiger partial charge in [0.05, 0.1) is 0 Å². The highest BCUT2D eigenvalue weighted by atomic mass is 16.7. The number of Topliss-reactive ketones (excluding diaryl/α,β-unsaturated/α-hetero) is 1. The van der Waals surface area contributed by atoms with Gasteiger partial charge in [0, 0.05) is 40.2 Å². The molecule has 4 unspecified atom stereocenters. The molecule has 0 radical (unpaired) electrons. The van der Waals surface area contributed by atoms with Gasteiger partial charge < -0.3 is 28.5 Å². The molecule has 0 amide bonds. The van der Waals surface area contributed by atoms with E-state index < -0.39 is 42.5 Å². The number of ketones is 1. The molecule has 0 aromatic carbocycles. The third-order valence-electron chi connectivity index (χ3n) is 3.78. The van der Waals surface area contributed by atoms with Crippen LogP contribution in [-0.4, -0.2) is 61.5 Å². The first-order chi connectivity index (χ1) is 12.7. The van der Waals surface area contributed by atoms with Crippen LogP contribution in [0.15, 0.2) is 0 Å². The van der Waals surface area contributed by atoms with E-state index in [1.807, 2.05) is 0 Å². The molecule has 1 saturated heterocycles. The van der Waals surface area contributed by atoms with Crippen LogP contribution in [0.1, 0.15) is 53.4 Å². The van der Waals surface area contributed by atoms with Gasteiger partial charge in [-0.2, -0.15) is 0 Å². The van der Waals surface area contributed by atoms with Crippen molar-refractivity contribution in [1.29, 1.82) is 0 Å². The van der Waals surface area contributed by atoms with Crippen molar-refractivity contribution in [2.24, 2.45) is 0 Å². The van der Waals surface area contributed by atoms with Crippen molar-refractivity contribution in [3.8, 4) is 0 Å². The minimum absolute atomic E-state index is 0.115. The van der Waals surface area contributed by atoms with Crippen LogP contribution >= 0.6 is 0 Å². The molecule has 9 nitrogen and oxygen atoms in total. The summed E-state index contributed by atoms with van der Waals surface area (Å²) in [7, 11) is 0. The van der Waals surface area contributed by atoms with Gasteiger partial charge in [-0.05, 0) is 19.8 Å². The van der Waals surface area contributed by atoms with Gasteiger partial charge in [0.15, 0.2) is 12.4 Å². The van der Waals surface area contributed by atoms with E-state index in [9.17, 15) is 19.2 Å². The molecule has 1 aliphatic heterocycles. The monoisotopic (exact) mass is 388 g/mol. The average molecular weight is 388 g/mol. The Morgan fingerprint density at radius 2 is 1.59 bits per heavy atom. The van der Waals surface area contributed by atoms with E-state index in [0.717, 1.165) is 0 Å². The largest absolute Gasteiger partial charge is 0.463 e. The molecule has 1 heterocycles. The van der Waals surface area contributed by atoms with Crippen LogP contribution in [0, 0.1) is 0 Å². The van der Waals surface area contributed by atoms with Crippen molar-refractivity contribution in [3.63, 3.8) is 0 Å². The highest BCUT2D eigenvalue weighted by Gasteiger charge is 2.44. The quantitative estimate of drug-likeness (QED) is 0.310. The van der Waals surface area contributed by atoms with Gasteiger partial charge in [0.1, 0.15) is 24.6 Å². The molecule has 0 aliphatic carbocycles. The van der Waals surface area contributed by atoms with Crippen LogP contribution in [0.4, 0.5) is 0 Å². The van der Waals surface area contributed by atoms with E-state index in [1.165, 1.54) is 27.7 Å². The number of carbonyl (C=O) groups is 4. The van der Waals surface area contributed by atoms with Crippen LogP contribution in [0.25, 0.3) is 0 Å². The number of hydrogen-bond acceptors (Lipinski definition) is 9. The summed E-state index contributed by atoms with van der Waals surface area (Å²) in [4.78, 5) is 44.9. The third-order valence-corrected chi connectivity index (χ3v) is 3.78. The van der Waals surface area contributed by atoms with Crippen LogP contribution in [-0.2, 0) is 42.9 Å². The van der Waals surface area contributed by atoms with Gasteiger partial charge >= 0.3 is 17.9 Å². The fourth-order valence-corrected chi connectivity index (χ4v) is 2.69. The second-order valence-corrected chi connectivity index (χ2v) is 6.39. The maximum absolute atomic E-state index is 11.4. The Kier molecular flexibility index (Phi) is 9.95. The Bertz CT molecular complexity index is 531. The van der Waals surface area contributed by atoms with Crippen molar-refractivity contribution in [2.75, 3.05) is 13.2 Å². The van der Waals surface area contributed by atoms with Crippen LogP contribution < -0.4 is 0 Å². The first kappa shape index (κ1) is 23.0. The Morgan fingerprint density at radius 1 is 0.926 bits per heavy atom. The molecule has 1 fully saturated rings. The summed E-state index contributed by atoms with van der Waals surface area (Å²) in [6.45, 7) is 5.43. The number of carbonyl (C=O) groups excluding carboxylic acids is 4. The maximum Gasteiger partial charge on any atom is 0.303 e. The molecule has 0 bridgehead atoms. The summed E-state index contributed by atoms with van der Waals surface area (Å²) < 4.78 is 26.9. The number of ether oxygens (including phenoxy) is 5. The molecule has 1 rings (SSSR count). The molecule has 1 aliphatic rings. The minimum Gasteiger partial charge on any atom is -0.463 e. The number of rotatable bonds is 10. The zero-order valence-corrected chi connectivity index (χ0v) is 16.2. The van der Waals surface area contributed by atoms with Crippen LogP contribution in [0.3, 0.4) is 0 Å². The third kappa shape index (κ3) is 9.48. The molecule has 0 aromatic rings. The van der Waals surface area contributed by atoms with E-state index in [-0.39, 0.29) is 18.8 Å². The van der Waals surface area contributed by atoms with E-state index >= 15 is 0 Å². The first-order valence-corrected chi connectivity index (χ1v) is 8.93. The molecular weight excluding hydrogens is 360 g/mol. The predicted molar refractivity (Wildman–Crippen MR) is 91.5 cm³/mol. The molecule has 0 N–H and O–H groups in total. The Labute approximate surface area is 158 Å². The Morgan fingerprint density at radius 3 is 2.15 bits per heavy atom. The van der Waals surface area contributed by atoms with Crippen molar-refractivity contribution in [3.05, 3.63) is 0 Å². The zero-order valence-electron chi connectivity index (χ0n) is 16.2. The Hall–Kier alpha value is -2.00. The molecule has 0 spiro atoms. The molecule has 154 valence electrons. The van der Waals surface area contributed by atoms with Gasteiger partial charge in [0.25, 0.3) is 0 Å². The average Bonchev–Trinajstić information content (AvgIpc) is 2.53. The lowest BCUT2D eigenvalue weighted by Crippen LogP contribution is -2.54. The van der Waals surface area contributed by atoms with Crippen molar-refractivity contribution >= 4 is 23.7 Å².